The van der Waals surface area contributed by atoms with Gasteiger partial charge in [-0.25, -0.2) is 8.42 Å². The highest BCUT2D eigenvalue weighted by atomic mass is 32.2. The molecule has 2 aliphatic rings. The Balaban J connectivity index is 1.59. The highest BCUT2D eigenvalue weighted by Gasteiger charge is 2.51. The number of alkyl halides is 3. The molecule has 36 heavy (non-hydrogen) atoms. The minimum Gasteiger partial charge on any atom is -0.394 e. The van der Waals surface area contributed by atoms with E-state index < -0.39 is 21.8 Å². The van der Waals surface area contributed by atoms with Gasteiger partial charge in [-0.15, -0.1) is 11.3 Å². The summed E-state index contributed by atoms with van der Waals surface area (Å²) in [6.07, 6.45) is -5.15. The molecule has 200 valence electrons. The van der Waals surface area contributed by atoms with Crippen LogP contribution in [0.4, 0.5) is 18.9 Å². The molecular weight excluding hydrogens is 519 g/mol. The molecule has 2 saturated heterocycles. The van der Waals surface area contributed by atoms with Gasteiger partial charge in [-0.3, -0.25) is 4.90 Å². The van der Waals surface area contributed by atoms with Crippen LogP contribution in [0.25, 0.3) is 0 Å². The highest BCUT2D eigenvalue weighted by Crippen LogP contribution is 2.39. The number of nitrogens with zero attached hydrogens (tertiary/aromatic N) is 3. The predicted octanol–water partition coefficient (Wildman–Crippen LogP) is 2.09. The number of halogens is 3. The molecule has 4 rings (SSSR count). The van der Waals surface area contributed by atoms with Gasteiger partial charge in [0.2, 0.25) is 0 Å². The van der Waals surface area contributed by atoms with Gasteiger partial charge in [-0.1, -0.05) is 18.2 Å². The van der Waals surface area contributed by atoms with E-state index in [4.69, 9.17) is 4.74 Å². The summed E-state index contributed by atoms with van der Waals surface area (Å²) in [5, 5.41) is 21.2. The molecule has 3 atom stereocenters. The molecule has 2 N–H and O–H groups in total. The van der Waals surface area contributed by atoms with Crippen molar-refractivity contribution < 1.29 is 36.5 Å². The van der Waals surface area contributed by atoms with Gasteiger partial charge in [-0.05, 0) is 36.1 Å². The summed E-state index contributed by atoms with van der Waals surface area (Å²) in [6.45, 7) is 3.40. The fourth-order valence-corrected chi connectivity index (χ4v) is 7.19. The number of benzene rings is 1. The molecule has 0 saturated carbocycles. The molecule has 0 radical (unpaired) electrons. The Morgan fingerprint density at radius 1 is 1.11 bits per heavy atom. The van der Waals surface area contributed by atoms with E-state index in [1.165, 1.54) is 28.6 Å². The monoisotopic (exact) mass is 549 g/mol. The lowest BCUT2D eigenvalue weighted by atomic mass is 9.95. The number of anilines is 1. The molecule has 1 unspecified atom stereocenters. The third-order valence-corrected chi connectivity index (χ3v) is 9.98. The molecule has 0 spiro atoms. The van der Waals surface area contributed by atoms with Crippen molar-refractivity contribution in [2.24, 2.45) is 0 Å². The van der Waals surface area contributed by atoms with E-state index in [-0.39, 0.29) is 41.6 Å². The average Bonchev–Trinajstić information content (AvgIpc) is 3.40. The second-order valence-electron chi connectivity index (χ2n) is 9.19. The number of sulfonamides is 1. The fraction of sp³-hybridized carbons (Fsp3) is 0.565. The molecule has 1 aromatic carbocycles. The first-order valence-corrected chi connectivity index (χ1v) is 13.9. The lowest BCUT2D eigenvalue weighted by Gasteiger charge is -2.45. The number of hydrogen-bond acceptors (Lipinski definition) is 8. The van der Waals surface area contributed by atoms with Crippen LogP contribution in [0, 0.1) is 0 Å². The molecule has 13 heteroatoms. The van der Waals surface area contributed by atoms with Gasteiger partial charge in [0.05, 0.1) is 25.4 Å². The predicted molar refractivity (Wildman–Crippen MR) is 130 cm³/mol. The lowest BCUT2D eigenvalue weighted by Crippen LogP contribution is -2.59. The molecular formula is C23H30F3N3O5S2. The van der Waals surface area contributed by atoms with E-state index in [9.17, 15) is 31.8 Å². The van der Waals surface area contributed by atoms with Gasteiger partial charge in [0.15, 0.2) is 5.60 Å². The Morgan fingerprint density at radius 2 is 1.83 bits per heavy atom. The van der Waals surface area contributed by atoms with Crippen molar-refractivity contribution in [1.82, 2.24) is 9.21 Å². The van der Waals surface area contributed by atoms with Gasteiger partial charge in [0.1, 0.15) is 4.21 Å². The number of aliphatic hydroxyl groups excluding tert-OH is 1. The molecule has 3 heterocycles. The average molecular weight is 550 g/mol. The minimum absolute atomic E-state index is 0.121. The van der Waals surface area contributed by atoms with Gasteiger partial charge in [-0.2, -0.15) is 17.5 Å². The zero-order valence-corrected chi connectivity index (χ0v) is 21.4. The highest BCUT2D eigenvalue weighted by molar-refractivity contribution is 7.91. The SMILES string of the molecule is CC(O)(c1ccc(N2CCN(S(=O)(=O)c3cccs3)C[C@H]2CN2CCO[C@@H](CO)C2)cc1)C(F)(F)F. The Morgan fingerprint density at radius 3 is 2.44 bits per heavy atom. The van der Waals surface area contributed by atoms with E-state index in [1.807, 2.05) is 4.90 Å². The van der Waals surface area contributed by atoms with Crippen molar-refractivity contribution in [2.45, 2.75) is 35.1 Å². The van der Waals surface area contributed by atoms with Crippen LogP contribution < -0.4 is 4.90 Å². The van der Waals surface area contributed by atoms with Gasteiger partial charge >= 0.3 is 6.18 Å². The summed E-state index contributed by atoms with van der Waals surface area (Å²) < 4.78 is 73.5. The topological polar surface area (TPSA) is 93.6 Å². The summed E-state index contributed by atoms with van der Waals surface area (Å²) in [4.78, 5) is 4.10. The molecule has 0 amide bonds. The second kappa shape index (κ2) is 10.6. The number of hydrogen-bond donors (Lipinski definition) is 2. The van der Waals surface area contributed by atoms with Crippen LogP contribution in [0.15, 0.2) is 46.0 Å². The lowest BCUT2D eigenvalue weighted by molar-refractivity contribution is -0.258. The van der Waals surface area contributed by atoms with Crippen LogP contribution in [0.1, 0.15) is 12.5 Å². The number of thiophene rings is 1. The summed E-state index contributed by atoms with van der Waals surface area (Å²) >= 11 is 1.15. The standard InChI is InChI=1S/C23H30F3N3O5S2/c1-22(31,23(24,25)26)17-4-6-18(7-5-17)29-9-8-28(36(32,33)21-3-2-12-35-21)14-19(29)13-27-10-11-34-20(15-27)16-30/h2-7,12,19-20,30-31H,8-11,13-16H2,1H3/t19-,20-,22?/m1/s1. The van der Waals surface area contributed by atoms with E-state index >= 15 is 0 Å². The van der Waals surface area contributed by atoms with Crippen molar-refractivity contribution in [2.75, 3.05) is 57.4 Å². The Labute approximate surface area is 212 Å². The molecule has 0 aliphatic carbocycles. The van der Waals surface area contributed by atoms with Crippen molar-refractivity contribution >= 4 is 27.0 Å². The third kappa shape index (κ3) is 5.57. The van der Waals surface area contributed by atoms with Crippen LogP contribution in [-0.4, -0.2) is 98.6 Å². The number of ether oxygens (including phenoxy) is 1. The van der Waals surface area contributed by atoms with E-state index in [2.05, 4.69) is 4.90 Å². The summed E-state index contributed by atoms with van der Waals surface area (Å²) in [5.41, 5.74) is -2.61. The van der Waals surface area contributed by atoms with Crippen LogP contribution in [0.2, 0.25) is 0 Å². The maximum Gasteiger partial charge on any atom is 0.421 e. The van der Waals surface area contributed by atoms with Gasteiger partial charge in [0.25, 0.3) is 10.0 Å². The summed E-state index contributed by atoms with van der Waals surface area (Å²) in [6, 6.07) is 8.53. The molecule has 0 bridgehead atoms. The van der Waals surface area contributed by atoms with E-state index in [0.717, 1.165) is 18.3 Å². The molecule has 8 nitrogen and oxygen atoms in total. The maximum absolute atomic E-state index is 13.3. The van der Waals surface area contributed by atoms with Crippen molar-refractivity contribution in [3.63, 3.8) is 0 Å². The van der Waals surface area contributed by atoms with Crippen molar-refractivity contribution in [1.29, 1.82) is 0 Å². The summed E-state index contributed by atoms with van der Waals surface area (Å²) in [5.74, 6) is 0. The molecule has 2 fully saturated rings. The van der Waals surface area contributed by atoms with Crippen LogP contribution >= 0.6 is 11.3 Å². The Kier molecular flexibility index (Phi) is 8.01. The smallest absolute Gasteiger partial charge is 0.394 e. The third-order valence-electron chi connectivity index (χ3n) is 6.74. The van der Waals surface area contributed by atoms with Gasteiger partial charge < -0.3 is 19.8 Å². The maximum atomic E-state index is 13.3. The van der Waals surface area contributed by atoms with Gasteiger partial charge in [0, 0.05) is 45.0 Å². The van der Waals surface area contributed by atoms with E-state index in [0.29, 0.717) is 38.5 Å². The molecule has 2 aromatic rings. The first kappa shape index (κ1) is 27.3. The number of morpholine rings is 1. The van der Waals surface area contributed by atoms with E-state index in [1.54, 1.807) is 17.5 Å². The van der Waals surface area contributed by atoms with Crippen LogP contribution in [0.5, 0.6) is 0 Å². The molecule has 1 aromatic heterocycles. The van der Waals surface area contributed by atoms with Crippen molar-refractivity contribution in [3.8, 4) is 0 Å². The second-order valence-corrected chi connectivity index (χ2v) is 12.3. The number of rotatable bonds is 7. The Hall–Kier alpha value is -1.74. The minimum atomic E-state index is -4.82. The summed E-state index contributed by atoms with van der Waals surface area (Å²) in [7, 11) is -3.67. The fourth-order valence-electron chi connectivity index (χ4n) is 4.57. The Bertz CT molecular complexity index is 1110. The van der Waals surface area contributed by atoms with Crippen molar-refractivity contribution in [3.05, 3.63) is 47.3 Å². The first-order chi connectivity index (χ1) is 16.9. The van der Waals surface area contributed by atoms with Crippen LogP contribution in [-0.2, 0) is 20.4 Å². The number of piperazine rings is 1. The molecule has 2 aliphatic heterocycles. The normalized spacial score (nSPS) is 24.6. The zero-order valence-electron chi connectivity index (χ0n) is 19.8. The van der Waals surface area contributed by atoms with Crippen LogP contribution in [0.3, 0.4) is 0 Å². The quantitative estimate of drug-likeness (QED) is 0.547. The number of aliphatic hydroxyl groups is 2. The first-order valence-electron chi connectivity index (χ1n) is 11.6. The zero-order chi connectivity index (χ0) is 26.1. The largest absolute Gasteiger partial charge is 0.421 e.